The van der Waals surface area contributed by atoms with E-state index >= 15 is 0 Å². The molecule has 0 bridgehead atoms. The number of fused-ring (bicyclic) bond motifs is 1. The highest BCUT2D eigenvalue weighted by Gasteiger charge is 2.50. The van der Waals surface area contributed by atoms with Gasteiger partial charge < -0.3 is 10.2 Å². The van der Waals surface area contributed by atoms with Gasteiger partial charge in [-0.05, 0) is 73.7 Å². The van der Waals surface area contributed by atoms with E-state index in [1.54, 1.807) is 5.57 Å². The highest BCUT2D eigenvalue weighted by molar-refractivity contribution is 5.29. The first-order chi connectivity index (χ1) is 12.9. The van der Waals surface area contributed by atoms with Crippen molar-refractivity contribution in [3.8, 4) is 0 Å². The molecule has 3 aliphatic rings. The van der Waals surface area contributed by atoms with Crippen LogP contribution >= 0.6 is 0 Å². The highest BCUT2D eigenvalue weighted by Crippen LogP contribution is 2.60. The van der Waals surface area contributed by atoms with Gasteiger partial charge in [0, 0.05) is 0 Å². The molecule has 0 aliphatic heterocycles. The molecule has 3 rings (SSSR count). The lowest BCUT2D eigenvalue weighted by Crippen LogP contribution is -2.36. The maximum absolute atomic E-state index is 10.1. The van der Waals surface area contributed by atoms with Gasteiger partial charge in [-0.25, -0.2) is 0 Å². The fourth-order valence-electron chi connectivity index (χ4n) is 6.54. The Morgan fingerprint density at radius 3 is 2.48 bits per heavy atom. The SMILES string of the molecule is C=C1[C@H](O)CC(=CC=C2CCC[C@]3(C)[C@@H]([C@H](CC)CCC)CC[C@@H]23)C[C@H]1O. The van der Waals surface area contributed by atoms with E-state index in [1.807, 2.05) is 0 Å². The molecule has 6 atom stereocenters. The minimum absolute atomic E-state index is 0.471. The Morgan fingerprint density at radius 2 is 1.85 bits per heavy atom. The molecule has 0 spiro atoms. The first kappa shape index (κ1) is 20.9. The van der Waals surface area contributed by atoms with Gasteiger partial charge in [-0.3, -0.25) is 0 Å². The summed E-state index contributed by atoms with van der Waals surface area (Å²) in [5, 5.41) is 20.2. The minimum atomic E-state index is -0.592. The number of hydrogen-bond donors (Lipinski definition) is 2. The fourth-order valence-corrected chi connectivity index (χ4v) is 6.54. The van der Waals surface area contributed by atoms with Crippen LogP contribution in [0, 0.1) is 23.2 Å². The third-order valence-corrected chi connectivity index (χ3v) is 8.09. The summed E-state index contributed by atoms with van der Waals surface area (Å²) in [5.41, 5.74) is 3.83. The number of aliphatic hydroxyl groups excluding tert-OH is 2. The summed E-state index contributed by atoms with van der Waals surface area (Å²) in [6.45, 7) is 11.1. The van der Waals surface area contributed by atoms with Crippen molar-refractivity contribution >= 4 is 0 Å². The Balaban J connectivity index is 1.77. The quantitative estimate of drug-likeness (QED) is 0.585. The van der Waals surface area contributed by atoms with Gasteiger partial charge in [0.25, 0.3) is 0 Å². The predicted molar refractivity (Wildman–Crippen MR) is 113 cm³/mol. The second-order valence-electron chi connectivity index (χ2n) is 9.63. The van der Waals surface area contributed by atoms with Crippen molar-refractivity contribution in [2.45, 2.75) is 97.2 Å². The zero-order valence-corrected chi connectivity index (χ0v) is 17.7. The highest BCUT2D eigenvalue weighted by atomic mass is 16.3. The van der Waals surface area contributed by atoms with Crippen LogP contribution in [0.15, 0.2) is 35.5 Å². The summed E-state index contributed by atoms with van der Waals surface area (Å²) in [5.74, 6) is 2.50. The topological polar surface area (TPSA) is 40.5 Å². The first-order valence-corrected chi connectivity index (χ1v) is 11.3. The average molecular weight is 373 g/mol. The van der Waals surface area contributed by atoms with Crippen LogP contribution in [0.25, 0.3) is 0 Å². The summed E-state index contributed by atoms with van der Waals surface area (Å²) < 4.78 is 0. The van der Waals surface area contributed by atoms with E-state index in [1.165, 1.54) is 51.4 Å². The van der Waals surface area contributed by atoms with Gasteiger partial charge in [-0.1, -0.05) is 69.9 Å². The van der Waals surface area contributed by atoms with Crippen LogP contribution in [0.3, 0.4) is 0 Å². The molecular formula is C25H40O2. The van der Waals surface area contributed by atoms with Gasteiger partial charge in [0.2, 0.25) is 0 Å². The summed E-state index contributed by atoms with van der Waals surface area (Å²) in [6, 6.07) is 0. The molecule has 0 aromatic carbocycles. The molecule has 3 fully saturated rings. The molecule has 3 saturated carbocycles. The molecule has 3 aliphatic carbocycles. The molecule has 152 valence electrons. The van der Waals surface area contributed by atoms with E-state index in [9.17, 15) is 10.2 Å². The molecule has 2 heteroatoms. The molecule has 2 N–H and O–H groups in total. The smallest absolute Gasteiger partial charge is 0.0809 e. The Hall–Kier alpha value is -0.860. The predicted octanol–water partition coefficient (Wildman–Crippen LogP) is 5.95. The molecule has 0 saturated heterocycles. The maximum atomic E-state index is 10.1. The van der Waals surface area contributed by atoms with Gasteiger partial charge >= 0.3 is 0 Å². The van der Waals surface area contributed by atoms with Gasteiger partial charge in [-0.15, -0.1) is 0 Å². The lowest BCUT2D eigenvalue weighted by Gasteiger charge is -2.45. The number of allylic oxidation sites excluding steroid dienone is 3. The summed E-state index contributed by atoms with van der Waals surface area (Å²) in [4.78, 5) is 0. The third-order valence-electron chi connectivity index (χ3n) is 8.09. The molecule has 0 amide bonds. The van der Waals surface area contributed by atoms with Crippen molar-refractivity contribution < 1.29 is 10.2 Å². The van der Waals surface area contributed by atoms with Crippen LogP contribution in [-0.2, 0) is 0 Å². The number of rotatable bonds is 5. The molecule has 0 radical (unpaired) electrons. The lowest BCUT2D eigenvalue weighted by atomic mass is 9.60. The van der Waals surface area contributed by atoms with Gasteiger partial charge in [-0.2, -0.15) is 0 Å². The number of aliphatic hydroxyl groups is 2. The van der Waals surface area contributed by atoms with Crippen LogP contribution < -0.4 is 0 Å². The molecule has 0 aromatic rings. The molecule has 0 heterocycles. The molecule has 2 nitrogen and oxygen atoms in total. The Kier molecular flexibility index (Phi) is 6.69. The second-order valence-corrected chi connectivity index (χ2v) is 9.63. The zero-order chi connectivity index (χ0) is 19.6. The van der Waals surface area contributed by atoms with Crippen molar-refractivity contribution in [1.29, 1.82) is 0 Å². The van der Waals surface area contributed by atoms with Crippen molar-refractivity contribution in [1.82, 2.24) is 0 Å². The molecule has 27 heavy (non-hydrogen) atoms. The Labute approximate surface area is 166 Å². The first-order valence-electron chi connectivity index (χ1n) is 11.3. The van der Waals surface area contributed by atoms with E-state index in [0.717, 1.165) is 23.3 Å². The van der Waals surface area contributed by atoms with Crippen molar-refractivity contribution in [3.05, 3.63) is 35.5 Å². The summed E-state index contributed by atoms with van der Waals surface area (Å²) in [6.07, 6.45) is 15.3. The van der Waals surface area contributed by atoms with E-state index in [2.05, 4.69) is 39.5 Å². The van der Waals surface area contributed by atoms with Crippen molar-refractivity contribution in [2.24, 2.45) is 23.2 Å². The van der Waals surface area contributed by atoms with E-state index in [4.69, 9.17) is 0 Å². The van der Waals surface area contributed by atoms with Gasteiger partial charge in [0.1, 0.15) is 0 Å². The van der Waals surface area contributed by atoms with Crippen LogP contribution in [0.2, 0.25) is 0 Å². The number of hydrogen-bond acceptors (Lipinski definition) is 2. The van der Waals surface area contributed by atoms with E-state index in [0.29, 0.717) is 23.8 Å². The maximum Gasteiger partial charge on any atom is 0.0809 e. The normalized spacial score (nSPS) is 39.5. The zero-order valence-electron chi connectivity index (χ0n) is 17.7. The minimum Gasteiger partial charge on any atom is -0.388 e. The van der Waals surface area contributed by atoms with Crippen LogP contribution in [0.5, 0.6) is 0 Å². The largest absolute Gasteiger partial charge is 0.388 e. The molecular weight excluding hydrogens is 332 g/mol. The molecule has 0 aromatic heterocycles. The van der Waals surface area contributed by atoms with Gasteiger partial charge in [0.15, 0.2) is 0 Å². The Morgan fingerprint density at radius 1 is 1.15 bits per heavy atom. The standard InChI is InChI=1S/C25H40O2/c1-5-8-19(6-2)21-12-13-22-20(9-7-14-25(21,22)4)11-10-18-15-23(26)17(3)24(27)16-18/h10-11,19,21-24,26-27H,3,5-9,12-16H2,1-2,4H3/t19-,21-,22+,23-,24-,25-/m1/s1. The second kappa shape index (κ2) is 8.66. The average Bonchev–Trinajstić information content (AvgIpc) is 2.99. The lowest BCUT2D eigenvalue weighted by molar-refractivity contribution is 0.0853. The van der Waals surface area contributed by atoms with Gasteiger partial charge in [0.05, 0.1) is 12.2 Å². The summed E-state index contributed by atoms with van der Waals surface area (Å²) >= 11 is 0. The van der Waals surface area contributed by atoms with Crippen molar-refractivity contribution in [2.75, 3.05) is 0 Å². The fraction of sp³-hybridized carbons (Fsp3) is 0.760. The Bertz CT molecular complexity index is 585. The summed E-state index contributed by atoms with van der Waals surface area (Å²) in [7, 11) is 0. The van der Waals surface area contributed by atoms with E-state index < -0.39 is 12.2 Å². The van der Waals surface area contributed by atoms with Crippen molar-refractivity contribution in [3.63, 3.8) is 0 Å². The van der Waals surface area contributed by atoms with Crippen LogP contribution in [0.1, 0.15) is 85.0 Å². The molecule has 0 unspecified atom stereocenters. The third kappa shape index (κ3) is 4.12. The van der Waals surface area contributed by atoms with Crippen LogP contribution in [0.4, 0.5) is 0 Å². The monoisotopic (exact) mass is 372 g/mol. The van der Waals surface area contributed by atoms with E-state index in [-0.39, 0.29) is 0 Å². The van der Waals surface area contributed by atoms with Crippen LogP contribution in [-0.4, -0.2) is 22.4 Å².